The van der Waals surface area contributed by atoms with Gasteiger partial charge in [0.25, 0.3) is 0 Å². The molecule has 2 rings (SSSR count). The fraction of sp³-hybridized carbons (Fsp3) is 0.385. The predicted molar refractivity (Wildman–Crippen MR) is 65.5 cm³/mol. The third-order valence-corrected chi connectivity index (χ3v) is 2.70. The molecule has 0 bridgehead atoms. The second-order valence-electron chi connectivity index (χ2n) is 4.24. The number of hydrogen-bond acceptors (Lipinski definition) is 3. The summed E-state index contributed by atoms with van der Waals surface area (Å²) in [6.07, 6.45) is 7.43. The van der Waals surface area contributed by atoms with E-state index >= 15 is 0 Å². The lowest BCUT2D eigenvalue weighted by atomic mass is 10.1. The molecule has 0 aliphatic heterocycles. The summed E-state index contributed by atoms with van der Waals surface area (Å²) in [6.45, 7) is 0. The van der Waals surface area contributed by atoms with Crippen LogP contribution in [0.25, 0.3) is 0 Å². The maximum atomic E-state index is 9.90. The van der Waals surface area contributed by atoms with Gasteiger partial charge in [-0.25, -0.2) is 0 Å². The number of aryl methyl sites for hydroxylation is 2. The van der Waals surface area contributed by atoms with Gasteiger partial charge in [0.1, 0.15) is 0 Å². The van der Waals surface area contributed by atoms with Crippen LogP contribution in [0.2, 0.25) is 0 Å². The van der Waals surface area contributed by atoms with Gasteiger partial charge in [-0.3, -0.25) is 9.67 Å². The van der Waals surface area contributed by atoms with Gasteiger partial charge in [0, 0.05) is 31.6 Å². The van der Waals surface area contributed by atoms with Gasteiger partial charge in [0.05, 0.1) is 12.3 Å². The summed E-state index contributed by atoms with van der Waals surface area (Å²) in [5.41, 5.74) is 2.10. The van der Waals surface area contributed by atoms with E-state index in [4.69, 9.17) is 0 Å². The van der Waals surface area contributed by atoms with Gasteiger partial charge in [-0.1, -0.05) is 6.07 Å². The van der Waals surface area contributed by atoms with E-state index in [9.17, 15) is 5.11 Å². The van der Waals surface area contributed by atoms with Crippen molar-refractivity contribution in [3.05, 3.63) is 48.0 Å². The van der Waals surface area contributed by atoms with Crippen LogP contribution >= 0.6 is 0 Å². The Balaban J connectivity index is 1.80. The summed E-state index contributed by atoms with van der Waals surface area (Å²) in [5, 5.41) is 14.0. The molecule has 1 unspecified atom stereocenters. The van der Waals surface area contributed by atoms with Crippen LogP contribution in [-0.4, -0.2) is 26.0 Å². The molecule has 4 nitrogen and oxygen atoms in total. The molecule has 0 aliphatic rings. The Morgan fingerprint density at radius 3 is 2.94 bits per heavy atom. The number of aliphatic hydroxyl groups excluding tert-OH is 1. The van der Waals surface area contributed by atoms with E-state index in [1.54, 1.807) is 10.9 Å². The smallest absolute Gasteiger partial charge is 0.0598 e. The monoisotopic (exact) mass is 231 g/mol. The van der Waals surface area contributed by atoms with Crippen LogP contribution in [0.1, 0.15) is 17.7 Å². The normalized spacial score (nSPS) is 12.6. The molecule has 0 fully saturated rings. The van der Waals surface area contributed by atoms with Gasteiger partial charge >= 0.3 is 0 Å². The van der Waals surface area contributed by atoms with Crippen molar-refractivity contribution in [1.82, 2.24) is 14.8 Å². The average molecular weight is 231 g/mol. The van der Waals surface area contributed by atoms with Gasteiger partial charge < -0.3 is 5.11 Å². The Labute approximate surface area is 101 Å². The molecule has 0 aromatic carbocycles. The molecule has 90 valence electrons. The Kier molecular flexibility index (Phi) is 3.88. The minimum Gasteiger partial charge on any atom is -0.393 e. The molecule has 0 amide bonds. The number of aliphatic hydroxyl groups is 1. The minimum atomic E-state index is -0.342. The summed E-state index contributed by atoms with van der Waals surface area (Å²) < 4.78 is 1.78. The molecular weight excluding hydrogens is 214 g/mol. The standard InChI is InChI=1S/C13H17N3O/c1-16-10-11(9-15-16)5-6-13(17)8-12-4-2-3-7-14-12/h2-4,7,9-10,13,17H,5-6,8H2,1H3. The number of nitrogens with zero attached hydrogens (tertiary/aromatic N) is 3. The van der Waals surface area contributed by atoms with Crippen LogP contribution in [0.4, 0.5) is 0 Å². The first-order valence-electron chi connectivity index (χ1n) is 5.79. The summed E-state index contributed by atoms with van der Waals surface area (Å²) in [5.74, 6) is 0. The Bertz CT molecular complexity index is 453. The van der Waals surface area contributed by atoms with Gasteiger partial charge in [0.15, 0.2) is 0 Å². The maximum Gasteiger partial charge on any atom is 0.0598 e. The van der Waals surface area contributed by atoms with Gasteiger partial charge in [-0.15, -0.1) is 0 Å². The first-order chi connectivity index (χ1) is 8.24. The molecule has 1 N–H and O–H groups in total. The molecule has 1 atom stereocenters. The highest BCUT2D eigenvalue weighted by Crippen LogP contribution is 2.07. The zero-order chi connectivity index (χ0) is 12.1. The van der Waals surface area contributed by atoms with Crippen molar-refractivity contribution in [2.45, 2.75) is 25.4 Å². The Morgan fingerprint density at radius 2 is 2.29 bits per heavy atom. The molecular formula is C13H17N3O. The largest absolute Gasteiger partial charge is 0.393 e. The van der Waals surface area contributed by atoms with Crippen LogP contribution in [0.15, 0.2) is 36.8 Å². The third-order valence-electron chi connectivity index (χ3n) is 2.70. The molecule has 0 radical (unpaired) electrons. The number of pyridine rings is 1. The van der Waals surface area contributed by atoms with Gasteiger partial charge in [-0.2, -0.15) is 5.10 Å². The van der Waals surface area contributed by atoms with Crippen LogP contribution in [-0.2, 0) is 19.9 Å². The number of aromatic nitrogens is 3. The summed E-state index contributed by atoms with van der Waals surface area (Å²) in [4.78, 5) is 4.20. The van der Waals surface area contributed by atoms with Crippen molar-refractivity contribution < 1.29 is 5.11 Å². The quantitative estimate of drug-likeness (QED) is 0.845. The summed E-state index contributed by atoms with van der Waals surface area (Å²) in [7, 11) is 1.90. The maximum absolute atomic E-state index is 9.90. The Morgan fingerprint density at radius 1 is 1.41 bits per heavy atom. The molecule has 0 saturated heterocycles. The van der Waals surface area contributed by atoms with Crippen LogP contribution in [0.3, 0.4) is 0 Å². The van der Waals surface area contributed by atoms with E-state index < -0.39 is 0 Å². The average Bonchev–Trinajstić information content (AvgIpc) is 2.74. The van der Waals surface area contributed by atoms with E-state index in [2.05, 4.69) is 10.1 Å². The minimum absolute atomic E-state index is 0.342. The van der Waals surface area contributed by atoms with Crippen molar-refractivity contribution in [3.8, 4) is 0 Å². The molecule has 2 aromatic rings. The van der Waals surface area contributed by atoms with E-state index in [1.807, 2.05) is 37.6 Å². The number of hydrogen-bond donors (Lipinski definition) is 1. The zero-order valence-corrected chi connectivity index (χ0v) is 9.95. The van der Waals surface area contributed by atoms with E-state index in [0.717, 1.165) is 24.1 Å². The van der Waals surface area contributed by atoms with Crippen molar-refractivity contribution >= 4 is 0 Å². The molecule has 0 saturated carbocycles. The lowest BCUT2D eigenvalue weighted by Gasteiger charge is -2.08. The van der Waals surface area contributed by atoms with Crippen molar-refractivity contribution in [1.29, 1.82) is 0 Å². The van der Waals surface area contributed by atoms with Gasteiger partial charge in [0.2, 0.25) is 0 Å². The molecule has 2 aromatic heterocycles. The SMILES string of the molecule is Cn1cc(CCC(O)Cc2ccccn2)cn1. The molecule has 0 aliphatic carbocycles. The van der Waals surface area contributed by atoms with E-state index in [-0.39, 0.29) is 6.10 Å². The molecule has 17 heavy (non-hydrogen) atoms. The van der Waals surface area contributed by atoms with Crippen molar-refractivity contribution in [3.63, 3.8) is 0 Å². The summed E-state index contributed by atoms with van der Waals surface area (Å²) >= 11 is 0. The molecule has 4 heteroatoms. The molecule has 2 heterocycles. The fourth-order valence-electron chi connectivity index (χ4n) is 1.80. The van der Waals surface area contributed by atoms with Gasteiger partial charge in [-0.05, 0) is 30.5 Å². The zero-order valence-electron chi connectivity index (χ0n) is 9.95. The van der Waals surface area contributed by atoms with E-state index in [1.165, 1.54) is 0 Å². The first-order valence-corrected chi connectivity index (χ1v) is 5.79. The Hall–Kier alpha value is -1.68. The second kappa shape index (κ2) is 5.59. The van der Waals surface area contributed by atoms with Crippen molar-refractivity contribution in [2.75, 3.05) is 0 Å². The van der Waals surface area contributed by atoms with Crippen molar-refractivity contribution in [2.24, 2.45) is 7.05 Å². The highest BCUT2D eigenvalue weighted by Gasteiger charge is 2.07. The highest BCUT2D eigenvalue weighted by molar-refractivity contribution is 5.06. The van der Waals surface area contributed by atoms with Crippen LogP contribution in [0, 0.1) is 0 Å². The third kappa shape index (κ3) is 3.67. The summed E-state index contributed by atoms with van der Waals surface area (Å²) in [6, 6.07) is 5.76. The lowest BCUT2D eigenvalue weighted by Crippen LogP contribution is -2.12. The fourth-order valence-corrected chi connectivity index (χ4v) is 1.80. The second-order valence-corrected chi connectivity index (χ2v) is 4.24. The topological polar surface area (TPSA) is 50.9 Å². The highest BCUT2D eigenvalue weighted by atomic mass is 16.3. The lowest BCUT2D eigenvalue weighted by molar-refractivity contribution is 0.164. The molecule has 0 spiro atoms. The van der Waals surface area contributed by atoms with E-state index in [0.29, 0.717) is 6.42 Å². The first kappa shape index (κ1) is 11.8. The van der Waals surface area contributed by atoms with Crippen LogP contribution < -0.4 is 0 Å². The number of rotatable bonds is 5. The van der Waals surface area contributed by atoms with Crippen LogP contribution in [0.5, 0.6) is 0 Å². The predicted octanol–water partition coefficient (Wildman–Crippen LogP) is 1.35.